The number of rotatable bonds is 12. The molecule has 41 heavy (non-hydrogen) atoms. The second-order valence-corrected chi connectivity index (χ2v) is 11.9. The van der Waals surface area contributed by atoms with Crippen LogP contribution in [0.4, 0.5) is 10.1 Å². The topological polar surface area (TPSA) is 105 Å². The zero-order valence-corrected chi connectivity index (χ0v) is 24.1. The minimum absolute atomic E-state index is 0.00843. The predicted molar refractivity (Wildman–Crippen MR) is 154 cm³/mol. The van der Waals surface area contributed by atoms with Gasteiger partial charge in [0.25, 0.3) is 0 Å². The molecule has 0 spiro atoms. The van der Waals surface area contributed by atoms with E-state index < -0.39 is 34.3 Å². The molecule has 0 aromatic heterocycles. The number of nitrogens with one attached hydrogen (secondary N) is 1. The summed E-state index contributed by atoms with van der Waals surface area (Å²) in [5, 5.41) is 2.97. The number of halogens is 1. The molecule has 9 nitrogen and oxygen atoms in total. The summed E-state index contributed by atoms with van der Waals surface area (Å²) in [7, 11) is -3.93. The molecular weight excluding hydrogens is 549 g/mol. The number of hydrogen-bond acceptors (Lipinski definition) is 6. The van der Waals surface area contributed by atoms with Gasteiger partial charge in [-0.2, -0.15) is 0 Å². The molecule has 2 amide bonds. The minimum Gasteiger partial charge on any atom is -0.454 e. The number of sulfonamides is 1. The maximum absolute atomic E-state index is 14.1. The fraction of sp³-hybridized carbons (Fsp3) is 0.333. The highest BCUT2D eigenvalue weighted by molar-refractivity contribution is 7.92. The fourth-order valence-corrected chi connectivity index (χ4v) is 5.28. The molecule has 2 atom stereocenters. The normalized spacial score (nSPS) is 13.8. The average Bonchev–Trinajstić information content (AvgIpc) is 3.42. The predicted octanol–water partition coefficient (Wildman–Crippen LogP) is 3.88. The summed E-state index contributed by atoms with van der Waals surface area (Å²) in [5.74, 6) is -0.573. The van der Waals surface area contributed by atoms with Crippen LogP contribution in [0.2, 0.25) is 0 Å². The van der Waals surface area contributed by atoms with Crippen LogP contribution in [0.15, 0.2) is 72.8 Å². The molecule has 4 rings (SSSR count). The van der Waals surface area contributed by atoms with Crippen molar-refractivity contribution in [2.45, 2.75) is 45.3 Å². The van der Waals surface area contributed by atoms with Crippen LogP contribution < -0.4 is 19.1 Å². The van der Waals surface area contributed by atoms with Gasteiger partial charge in [0.2, 0.25) is 28.6 Å². The number of hydrogen-bond donors (Lipinski definition) is 1. The number of benzene rings is 3. The van der Waals surface area contributed by atoms with Gasteiger partial charge >= 0.3 is 0 Å². The van der Waals surface area contributed by atoms with Crippen LogP contribution in [0.25, 0.3) is 0 Å². The van der Waals surface area contributed by atoms with Crippen molar-refractivity contribution in [3.63, 3.8) is 0 Å². The molecule has 218 valence electrons. The van der Waals surface area contributed by atoms with Gasteiger partial charge in [-0.15, -0.1) is 0 Å². The van der Waals surface area contributed by atoms with E-state index in [4.69, 9.17) is 9.47 Å². The Morgan fingerprint density at radius 2 is 1.66 bits per heavy atom. The SMILES string of the molecule is CC[C@H](C)NC(=O)[C@H](Cc1ccccc1)N(Cc1ccc(F)cc1)C(=O)CN(c1ccc2c(c1)OCO2)S(C)(=O)=O. The molecule has 0 radical (unpaired) electrons. The zero-order chi connectivity index (χ0) is 29.6. The monoisotopic (exact) mass is 583 g/mol. The van der Waals surface area contributed by atoms with E-state index >= 15 is 0 Å². The van der Waals surface area contributed by atoms with Gasteiger partial charge < -0.3 is 19.7 Å². The van der Waals surface area contributed by atoms with Crippen molar-refractivity contribution in [1.29, 1.82) is 0 Å². The number of fused-ring (bicyclic) bond motifs is 1. The lowest BCUT2D eigenvalue weighted by molar-refractivity contribution is -0.140. The first kappa shape index (κ1) is 29.9. The van der Waals surface area contributed by atoms with Gasteiger partial charge in [0.05, 0.1) is 11.9 Å². The Hall–Kier alpha value is -4.12. The molecule has 1 N–H and O–H groups in total. The Kier molecular flexibility index (Phi) is 9.49. The van der Waals surface area contributed by atoms with Crippen molar-refractivity contribution in [3.8, 4) is 11.5 Å². The summed E-state index contributed by atoms with van der Waals surface area (Å²) < 4.78 is 51.3. The van der Waals surface area contributed by atoms with Gasteiger partial charge in [0, 0.05) is 25.1 Å². The van der Waals surface area contributed by atoms with Crippen LogP contribution in [-0.4, -0.2) is 56.8 Å². The second-order valence-electron chi connectivity index (χ2n) is 9.98. The van der Waals surface area contributed by atoms with Crippen LogP contribution >= 0.6 is 0 Å². The molecule has 1 aliphatic rings. The quantitative estimate of drug-likeness (QED) is 0.347. The van der Waals surface area contributed by atoms with Crippen LogP contribution in [-0.2, 0) is 32.6 Å². The number of carbonyl (C=O) groups is 2. The Morgan fingerprint density at radius 3 is 2.32 bits per heavy atom. The molecule has 1 heterocycles. The average molecular weight is 584 g/mol. The van der Waals surface area contributed by atoms with Crippen molar-refractivity contribution < 1.29 is 31.9 Å². The minimum atomic E-state index is -3.93. The molecule has 1 aliphatic heterocycles. The number of ether oxygens (including phenoxy) is 2. The van der Waals surface area contributed by atoms with Crippen molar-refractivity contribution in [2.75, 3.05) is 23.9 Å². The number of anilines is 1. The van der Waals surface area contributed by atoms with Crippen LogP contribution in [0.3, 0.4) is 0 Å². The van der Waals surface area contributed by atoms with E-state index in [9.17, 15) is 22.4 Å². The number of carbonyl (C=O) groups excluding carboxylic acids is 2. The van der Waals surface area contributed by atoms with Gasteiger partial charge in [-0.3, -0.25) is 13.9 Å². The first-order chi connectivity index (χ1) is 19.5. The Morgan fingerprint density at radius 1 is 0.976 bits per heavy atom. The lowest BCUT2D eigenvalue weighted by atomic mass is 10.0. The van der Waals surface area contributed by atoms with E-state index in [1.807, 2.05) is 44.2 Å². The van der Waals surface area contributed by atoms with Crippen molar-refractivity contribution in [2.24, 2.45) is 0 Å². The zero-order valence-electron chi connectivity index (χ0n) is 23.2. The van der Waals surface area contributed by atoms with Gasteiger partial charge in [0.15, 0.2) is 11.5 Å². The van der Waals surface area contributed by atoms with E-state index in [1.165, 1.54) is 41.3 Å². The van der Waals surface area contributed by atoms with E-state index in [-0.39, 0.29) is 37.4 Å². The first-order valence-corrected chi connectivity index (χ1v) is 15.2. The van der Waals surface area contributed by atoms with E-state index in [0.717, 1.165) is 16.1 Å². The maximum Gasteiger partial charge on any atom is 0.244 e. The van der Waals surface area contributed by atoms with Crippen LogP contribution in [0.5, 0.6) is 11.5 Å². The lowest BCUT2D eigenvalue weighted by Gasteiger charge is -2.34. The van der Waals surface area contributed by atoms with Crippen LogP contribution in [0.1, 0.15) is 31.4 Å². The molecule has 0 unspecified atom stereocenters. The third kappa shape index (κ3) is 7.75. The molecule has 3 aromatic rings. The molecular formula is C30H34FN3O6S. The highest BCUT2D eigenvalue weighted by Gasteiger charge is 2.33. The van der Waals surface area contributed by atoms with E-state index in [0.29, 0.717) is 23.5 Å². The standard InChI is InChI=1S/C30H34FN3O6S/c1-4-21(2)32-30(36)26(16-22-8-6-5-7-9-22)33(18-23-10-12-24(31)13-11-23)29(35)19-34(41(3,37)38)25-14-15-27-28(17-25)40-20-39-27/h5-15,17,21,26H,4,16,18-20H2,1-3H3,(H,32,36)/t21-,26-/m0/s1. The third-order valence-corrected chi connectivity index (χ3v) is 8.00. The maximum atomic E-state index is 14.1. The molecule has 3 aromatic carbocycles. The number of amides is 2. The van der Waals surface area contributed by atoms with Crippen molar-refractivity contribution >= 4 is 27.5 Å². The molecule has 0 aliphatic carbocycles. The van der Waals surface area contributed by atoms with Crippen LogP contribution in [0, 0.1) is 5.82 Å². The summed E-state index contributed by atoms with van der Waals surface area (Å²) in [6.45, 7) is 3.21. The molecule has 0 bridgehead atoms. The summed E-state index contributed by atoms with van der Waals surface area (Å²) in [5.41, 5.74) is 1.63. The first-order valence-electron chi connectivity index (χ1n) is 13.3. The Bertz CT molecular complexity index is 1470. The molecule has 0 saturated heterocycles. The Labute approximate surface area is 239 Å². The number of nitrogens with zero attached hydrogens (tertiary/aromatic N) is 2. The molecule has 0 fully saturated rings. The van der Waals surface area contributed by atoms with Gasteiger partial charge in [-0.25, -0.2) is 12.8 Å². The fourth-order valence-electron chi connectivity index (χ4n) is 4.44. The summed E-state index contributed by atoms with van der Waals surface area (Å²) in [6.07, 6.45) is 1.88. The van der Waals surface area contributed by atoms with Gasteiger partial charge in [-0.05, 0) is 48.7 Å². The molecule has 11 heteroatoms. The highest BCUT2D eigenvalue weighted by atomic mass is 32.2. The summed E-state index contributed by atoms with van der Waals surface area (Å²) >= 11 is 0. The molecule has 0 saturated carbocycles. The van der Waals surface area contributed by atoms with E-state index in [2.05, 4.69) is 5.32 Å². The van der Waals surface area contributed by atoms with Crippen molar-refractivity contribution in [3.05, 3.63) is 89.7 Å². The summed E-state index contributed by atoms with van der Waals surface area (Å²) in [4.78, 5) is 29.1. The second kappa shape index (κ2) is 13.0. The van der Waals surface area contributed by atoms with Gasteiger partial charge in [0.1, 0.15) is 18.4 Å². The lowest BCUT2D eigenvalue weighted by Crippen LogP contribution is -2.54. The smallest absolute Gasteiger partial charge is 0.244 e. The van der Waals surface area contributed by atoms with E-state index in [1.54, 1.807) is 6.07 Å². The third-order valence-electron chi connectivity index (χ3n) is 6.86. The largest absolute Gasteiger partial charge is 0.454 e. The van der Waals surface area contributed by atoms with Gasteiger partial charge in [-0.1, -0.05) is 49.4 Å². The summed E-state index contributed by atoms with van der Waals surface area (Å²) in [6, 6.07) is 18.4. The highest BCUT2D eigenvalue weighted by Crippen LogP contribution is 2.36. The Balaban J connectivity index is 1.72. The van der Waals surface area contributed by atoms with Crippen molar-refractivity contribution in [1.82, 2.24) is 10.2 Å².